The second kappa shape index (κ2) is 6.84. The zero-order chi connectivity index (χ0) is 14.8. The average molecular weight is 419 g/mol. The number of ether oxygens (including phenoxy) is 1. The van der Waals surface area contributed by atoms with Crippen molar-refractivity contribution in [3.05, 3.63) is 27.6 Å². The molecule has 5 heteroatoms. The number of rotatable bonds is 5. The molecule has 114 valence electrons. The van der Waals surface area contributed by atoms with Crippen molar-refractivity contribution in [1.29, 1.82) is 0 Å². The Hall–Kier alpha value is -0.330. The van der Waals surface area contributed by atoms with Crippen LogP contribution in [0.1, 0.15) is 25.6 Å². The van der Waals surface area contributed by atoms with Crippen LogP contribution in [0.4, 0.5) is 0 Å². The summed E-state index contributed by atoms with van der Waals surface area (Å²) in [5, 5.41) is 0. The van der Waals surface area contributed by atoms with E-state index in [4.69, 9.17) is 21.3 Å². The third-order valence-corrected chi connectivity index (χ3v) is 5.13. The molecule has 2 heterocycles. The van der Waals surface area contributed by atoms with Gasteiger partial charge < -0.3 is 9.30 Å². The Balaban J connectivity index is 1.96. The number of benzene rings is 1. The van der Waals surface area contributed by atoms with E-state index in [0.717, 1.165) is 43.8 Å². The highest BCUT2D eigenvalue weighted by Crippen LogP contribution is 2.28. The van der Waals surface area contributed by atoms with Crippen LogP contribution in [0.5, 0.6) is 0 Å². The first-order valence-corrected chi connectivity index (χ1v) is 9.16. The number of hydrogen-bond donors (Lipinski definition) is 0. The van der Waals surface area contributed by atoms with Crippen molar-refractivity contribution >= 4 is 45.2 Å². The number of alkyl halides is 1. The van der Waals surface area contributed by atoms with Crippen LogP contribution in [0, 0.1) is 9.49 Å². The van der Waals surface area contributed by atoms with Gasteiger partial charge in [-0.2, -0.15) is 0 Å². The lowest BCUT2D eigenvalue weighted by molar-refractivity contribution is 0.0836. The van der Waals surface area contributed by atoms with Crippen molar-refractivity contribution in [1.82, 2.24) is 9.55 Å². The highest BCUT2D eigenvalue weighted by atomic mass is 127. The van der Waals surface area contributed by atoms with Gasteiger partial charge in [0.1, 0.15) is 5.82 Å². The molecule has 0 aliphatic carbocycles. The lowest BCUT2D eigenvalue weighted by Gasteiger charge is -2.19. The SMILES string of the molecule is CCC1OCCC1Cn1c(CCCl)nc2cc(I)ccc21. The molecule has 2 aromatic rings. The first kappa shape index (κ1) is 15.6. The Morgan fingerprint density at radius 3 is 3.10 bits per heavy atom. The monoisotopic (exact) mass is 418 g/mol. The third-order valence-electron chi connectivity index (χ3n) is 4.27. The normalized spacial score (nSPS) is 22.2. The standard InChI is InChI=1S/C16H20ClIN2O/c1-2-15-11(6-8-21-15)10-20-14-4-3-12(18)9-13(14)19-16(20)5-7-17/h3-4,9,11,15H,2,5-8,10H2,1H3. The summed E-state index contributed by atoms with van der Waals surface area (Å²) in [4.78, 5) is 4.79. The van der Waals surface area contributed by atoms with Gasteiger partial charge in [-0.3, -0.25) is 0 Å². The molecule has 1 aliphatic heterocycles. The van der Waals surface area contributed by atoms with E-state index in [0.29, 0.717) is 17.9 Å². The lowest BCUT2D eigenvalue weighted by Crippen LogP contribution is -2.21. The molecular formula is C16H20ClIN2O. The summed E-state index contributed by atoms with van der Waals surface area (Å²) in [6.45, 7) is 4.08. The maximum atomic E-state index is 5.96. The number of aromatic nitrogens is 2. The van der Waals surface area contributed by atoms with Gasteiger partial charge in [-0.05, 0) is 53.6 Å². The van der Waals surface area contributed by atoms with E-state index in [1.165, 1.54) is 9.09 Å². The molecule has 3 nitrogen and oxygen atoms in total. The predicted molar refractivity (Wildman–Crippen MR) is 95.0 cm³/mol. The minimum Gasteiger partial charge on any atom is -0.378 e. The number of imidazole rings is 1. The van der Waals surface area contributed by atoms with Gasteiger partial charge in [0.15, 0.2) is 0 Å². The maximum absolute atomic E-state index is 5.96. The van der Waals surface area contributed by atoms with Crippen LogP contribution in [0.2, 0.25) is 0 Å². The van der Waals surface area contributed by atoms with Gasteiger partial charge in [0.05, 0.1) is 17.1 Å². The molecule has 2 unspecified atom stereocenters. The van der Waals surface area contributed by atoms with E-state index in [1.54, 1.807) is 0 Å². The van der Waals surface area contributed by atoms with E-state index in [1.807, 2.05) is 0 Å². The van der Waals surface area contributed by atoms with Crippen molar-refractivity contribution in [2.75, 3.05) is 12.5 Å². The largest absolute Gasteiger partial charge is 0.378 e. The van der Waals surface area contributed by atoms with Crippen LogP contribution in [0.15, 0.2) is 18.2 Å². The number of fused-ring (bicyclic) bond motifs is 1. The van der Waals surface area contributed by atoms with Crippen LogP contribution >= 0.6 is 34.2 Å². The number of halogens is 2. The van der Waals surface area contributed by atoms with Gasteiger partial charge >= 0.3 is 0 Å². The minimum atomic E-state index is 0.384. The second-order valence-corrected chi connectivity index (χ2v) is 7.20. The molecule has 1 fully saturated rings. The molecule has 0 bridgehead atoms. The van der Waals surface area contributed by atoms with Gasteiger partial charge in [0.2, 0.25) is 0 Å². The first-order chi connectivity index (χ1) is 10.2. The minimum absolute atomic E-state index is 0.384. The average Bonchev–Trinajstić information content (AvgIpc) is 3.04. The number of nitrogens with zero attached hydrogens (tertiary/aromatic N) is 2. The van der Waals surface area contributed by atoms with Crippen LogP contribution < -0.4 is 0 Å². The van der Waals surface area contributed by atoms with Crippen molar-refractivity contribution < 1.29 is 4.74 Å². The van der Waals surface area contributed by atoms with E-state index in [2.05, 4.69) is 52.3 Å². The highest BCUT2D eigenvalue weighted by Gasteiger charge is 2.28. The zero-order valence-corrected chi connectivity index (χ0v) is 15.1. The summed E-state index contributed by atoms with van der Waals surface area (Å²) in [7, 11) is 0. The van der Waals surface area contributed by atoms with Crippen molar-refractivity contribution in [3.8, 4) is 0 Å². The molecule has 0 N–H and O–H groups in total. The van der Waals surface area contributed by atoms with Gasteiger partial charge in [0.25, 0.3) is 0 Å². The molecule has 0 spiro atoms. The van der Waals surface area contributed by atoms with Crippen LogP contribution in [0.3, 0.4) is 0 Å². The fourth-order valence-corrected chi connectivity index (χ4v) is 3.86. The Labute approximate surface area is 144 Å². The maximum Gasteiger partial charge on any atom is 0.111 e. The topological polar surface area (TPSA) is 27.1 Å². The highest BCUT2D eigenvalue weighted by molar-refractivity contribution is 14.1. The second-order valence-electron chi connectivity index (χ2n) is 5.58. The summed E-state index contributed by atoms with van der Waals surface area (Å²) < 4.78 is 9.41. The lowest BCUT2D eigenvalue weighted by atomic mass is 9.99. The molecule has 3 rings (SSSR count). The van der Waals surface area contributed by atoms with Crippen molar-refractivity contribution in [3.63, 3.8) is 0 Å². The fourth-order valence-electron chi connectivity index (χ4n) is 3.22. The van der Waals surface area contributed by atoms with Gasteiger partial charge in [-0.15, -0.1) is 11.6 Å². The summed E-state index contributed by atoms with van der Waals surface area (Å²) in [5.41, 5.74) is 2.30. The molecule has 2 atom stereocenters. The van der Waals surface area contributed by atoms with Crippen molar-refractivity contribution in [2.24, 2.45) is 5.92 Å². The Morgan fingerprint density at radius 1 is 1.48 bits per heavy atom. The summed E-state index contributed by atoms with van der Waals surface area (Å²) in [6, 6.07) is 6.47. The quantitative estimate of drug-likeness (QED) is 0.536. The van der Waals surface area contributed by atoms with E-state index in [-0.39, 0.29) is 0 Å². The van der Waals surface area contributed by atoms with Crippen molar-refractivity contribution in [2.45, 2.75) is 38.8 Å². The van der Waals surface area contributed by atoms with Gasteiger partial charge in [0, 0.05) is 34.9 Å². The Bertz CT molecular complexity index is 628. The molecule has 0 amide bonds. The van der Waals surface area contributed by atoms with Crippen LogP contribution in [0.25, 0.3) is 11.0 Å². The summed E-state index contributed by atoms with van der Waals surface area (Å²) >= 11 is 8.29. The van der Waals surface area contributed by atoms with Crippen LogP contribution in [-0.4, -0.2) is 28.1 Å². The Morgan fingerprint density at radius 2 is 2.33 bits per heavy atom. The Kier molecular flexibility index (Phi) is 5.07. The predicted octanol–water partition coefficient (Wildman–Crippen LogP) is 4.24. The van der Waals surface area contributed by atoms with E-state index < -0.39 is 0 Å². The first-order valence-electron chi connectivity index (χ1n) is 7.55. The van der Waals surface area contributed by atoms with Crippen LogP contribution in [-0.2, 0) is 17.7 Å². The molecule has 0 radical (unpaired) electrons. The zero-order valence-electron chi connectivity index (χ0n) is 12.2. The third kappa shape index (κ3) is 3.22. The number of hydrogen-bond acceptors (Lipinski definition) is 2. The van der Waals surface area contributed by atoms with E-state index >= 15 is 0 Å². The molecule has 0 saturated carbocycles. The molecule has 1 aromatic heterocycles. The molecule has 1 saturated heterocycles. The fraction of sp³-hybridized carbons (Fsp3) is 0.562. The summed E-state index contributed by atoms with van der Waals surface area (Å²) in [5.74, 6) is 2.29. The molecular weight excluding hydrogens is 399 g/mol. The van der Waals surface area contributed by atoms with Gasteiger partial charge in [-0.1, -0.05) is 6.92 Å². The molecule has 1 aliphatic rings. The van der Waals surface area contributed by atoms with Gasteiger partial charge in [-0.25, -0.2) is 4.98 Å². The van der Waals surface area contributed by atoms with E-state index in [9.17, 15) is 0 Å². The summed E-state index contributed by atoms with van der Waals surface area (Å²) in [6.07, 6.45) is 3.43. The number of aryl methyl sites for hydroxylation is 1. The smallest absolute Gasteiger partial charge is 0.111 e. The molecule has 1 aromatic carbocycles. The molecule has 21 heavy (non-hydrogen) atoms.